The Labute approximate surface area is 160 Å². The molecule has 27 heavy (non-hydrogen) atoms. The molecule has 1 atom stereocenters. The predicted octanol–water partition coefficient (Wildman–Crippen LogP) is 2.57. The molecule has 0 radical (unpaired) electrons. The summed E-state index contributed by atoms with van der Waals surface area (Å²) < 4.78 is 16.6. The van der Waals surface area contributed by atoms with Crippen LogP contribution < -0.4 is 4.74 Å². The first-order chi connectivity index (χ1) is 13.1. The van der Waals surface area contributed by atoms with Crippen LogP contribution in [0.1, 0.15) is 24.0 Å². The molecule has 6 nitrogen and oxygen atoms in total. The second-order valence-corrected chi connectivity index (χ2v) is 7.17. The fourth-order valence-corrected chi connectivity index (χ4v) is 3.41. The number of hydrogen-bond acceptors (Lipinski definition) is 6. The average Bonchev–Trinajstić information content (AvgIpc) is 3.04. The lowest BCUT2D eigenvalue weighted by Gasteiger charge is -2.26. The van der Waals surface area contributed by atoms with Crippen LogP contribution in [0.3, 0.4) is 0 Å². The number of aliphatic hydroxyl groups is 1. The first kappa shape index (κ1) is 19.9. The Bertz CT molecular complexity index is 694. The molecule has 2 aliphatic heterocycles. The predicted molar refractivity (Wildman–Crippen MR) is 102 cm³/mol. The molecule has 3 rings (SSSR count). The third kappa shape index (κ3) is 5.09. The van der Waals surface area contributed by atoms with E-state index in [4.69, 9.17) is 14.2 Å². The lowest BCUT2D eigenvalue weighted by Crippen LogP contribution is -2.37. The summed E-state index contributed by atoms with van der Waals surface area (Å²) in [6, 6.07) is 5.76. The van der Waals surface area contributed by atoms with Crippen molar-refractivity contribution in [1.29, 1.82) is 0 Å². The lowest BCUT2D eigenvalue weighted by molar-refractivity contribution is -0.117. The van der Waals surface area contributed by atoms with Gasteiger partial charge in [-0.05, 0) is 50.4 Å². The summed E-state index contributed by atoms with van der Waals surface area (Å²) in [4.78, 5) is 14.8. The molecule has 1 aromatic rings. The molecule has 1 aromatic carbocycles. The van der Waals surface area contributed by atoms with Crippen molar-refractivity contribution in [3.63, 3.8) is 0 Å². The molecule has 1 fully saturated rings. The summed E-state index contributed by atoms with van der Waals surface area (Å²) in [6.45, 7) is 8.46. The van der Waals surface area contributed by atoms with Gasteiger partial charge in [0.05, 0.1) is 25.4 Å². The van der Waals surface area contributed by atoms with Crippen LogP contribution in [0.2, 0.25) is 0 Å². The maximum absolute atomic E-state index is 12.4. The molecule has 0 aliphatic carbocycles. The Morgan fingerprint density at radius 1 is 1.30 bits per heavy atom. The fourth-order valence-electron chi connectivity index (χ4n) is 3.41. The normalized spacial score (nSPS) is 20.9. The number of benzene rings is 1. The Kier molecular flexibility index (Phi) is 6.88. The van der Waals surface area contributed by atoms with Crippen LogP contribution in [0.25, 0.3) is 0 Å². The highest BCUT2D eigenvalue weighted by molar-refractivity contribution is 5.97. The number of carbonyl (C=O) groups is 1. The van der Waals surface area contributed by atoms with Gasteiger partial charge in [-0.2, -0.15) is 0 Å². The van der Waals surface area contributed by atoms with E-state index in [0.717, 1.165) is 50.4 Å². The standard InChI is InChI=1S/C21H29NO5/c1-15-5-3-6-19(16(15)2)27-14-18(23)17-13-26-20(21(17)24)7-4-8-22-9-11-25-12-10-22/h3,5-6,20,24H,4,7-14H2,1-2H3. The average molecular weight is 375 g/mol. The zero-order valence-corrected chi connectivity index (χ0v) is 16.2. The van der Waals surface area contributed by atoms with Crippen LogP contribution in [-0.4, -0.2) is 68.0 Å². The van der Waals surface area contributed by atoms with Crippen LogP contribution in [-0.2, 0) is 14.3 Å². The van der Waals surface area contributed by atoms with E-state index in [0.29, 0.717) is 17.7 Å². The molecule has 0 saturated carbocycles. The summed E-state index contributed by atoms with van der Waals surface area (Å²) in [5.74, 6) is 0.556. The first-order valence-corrected chi connectivity index (χ1v) is 9.62. The highest BCUT2D eigenvalue weighted by Crippen LogP contribution is 2.25. The Hall–Kier alpha value is -1.89. The molecular weight excluding hydrogens is 346 g/mol. The SMILES string of the molecule is Cc1cccc(OCC(=O)C2=C(O)C(CCCN3CCOCC3)OC2)c1C. The van der Waals surface area contributed by atoms with E-state index >= 15 is 0 Å². The van der Waals surface area contributed by atoms with Gasteiger partial charge >= 0.3 is 0 Å². The third-order valence-corrected chi connectivity index (χ3v) is 5.34. The maximum atomic E-state index is 12.4. The van der Waals surface area contributed by atoms with Crippen molar-refractivity contribution >= 4 is 5.78 Å². The van der Waals surface area contributed by atoms with E-state index in [1.165, 1.54) is 0 Å². The Morgan fingerprint density at radius 2 is 2.07 bits per heavy atom. The number of Topliss-reactive ketones (excluding diaryl/α,β-unsaturated/α-hetero) is 1. The number of nitrogens with zero attached hydrogens (tertiary/aromatic N) is 1. The number of rotatable bonds is 8. The number of carbonyl (C=O) groups excluding carboxylic acids is 1. The van der Waals surface area contributed by atoms with Gasteiger partial charge in [-0.1, -0.05) is 12.1 Å². The molecule has 1 N–H and O–H groups in total. The highest BCUT2D eigenvalue weighted by Gasteiger charge is 2.30. The van der Waals surface area contributed by atoms with Gasteiger partial charge in [0.15, 0.2) is 6.61 Å². The van der Waals surface area contributed by atoms with Crippen molar-refractivity contribution in [2.75, 3.05) is 46.1 Å². The topological polar surface area (TPSA) is 68.2 Å². The minimum absolute atomic E-state index is 0.0755. The van der Waals surface area contributed by atoms with E-state index in [2.05, 4.69) is 4.90 Å². The van der Waals surface area contributed by atoms with Crippen molar-refractivity contribution in [2.24, 2.45) is 0 Å². The number of aryl methyl sites for hydroxylation is 1. The van der Waals surface area contributed by atoms with Crippen molar-refractivity contribution in [3.05, 3.63) is 40.7 Å². The quantitative estimate of drug-likeness (QED) is 0.753. The third-order valence-electron chi connectivity index (χ3n) is 5.34. The van der Waals surface area contributed by atoms with Gasteiger partial charge in [0.2, 0.25) is 5.78 Å². The van der Waals surface area contributed by atoms with E-state index in [-0.39, 0.29) is 30.9 Å². The summed E-state index contributed by atoms with van der Waals surface area (Å²) in [5.41, 5.74) is 2.48. The van der Waals surface area contributed by atoms with E-state index in [1.807, 2.05) is 32.0 Å². The lowest BCUT2D eigenvalue weighted by atomic mass is 10.1. The summed E-state index contributed by atoms with van der Waals surface area (Å²) in [7, 11) is 0. The molecule has 2 aliphatic rings. The number of aliphatic hydroxyl groups excluding tert-OH is 1. The van der Waals surface area contributed by atoms with Gasteiger partial charge in [0.1, 0.15) is 17.6 Å². The molecule has 0 amide bonds. The monoisotopic (exact) mass is 375 g/mol. The van der Waals surface area contributed by atoms with E-state index < -0.39 is 0 Å². The first-order valence-electron chi connectivity index (χ1n) is 9.62. The molecule has 1 unspecified atom stereocenters. The number of morpholine rings is 1. The molecule has 1 saturated heterocycles. The molecule has 0 bridgehead atoms. The van der Waals surface area contributed by atoms with E-state index in [1.54, 1.807) is 0 Å². The van der Waals surface area contributed by atoms with Crippen molar-refractivity contribution in [2.45, 2.75) is 32.8 Å². The molecule has 0 aromatic heterocycles. The van der Waals surface area contributed by atoms with Crippen LogP contribution >= 0.6 is 0 Å². The Morgan fingerprint density at radius 3 is 2.85 bits per heavy atom. The van der Waals surface area contributed by atoms with Crippen molar-refractivity contribution in [3.8, 4) is 5.75 Å². The minimum Gasteiger partial charge on any atom is -0.509 e. The van der Waals surface area contributed by atoms with Gasteiger partial charge in [0, 0.05) is 13.1 Å². The second-order valence-electron chi connectivity index (χ2n) is 7.17. The zero-order valence-electron chi connectivity index (χ0n) is 16.2. The van der Waals surface area contributed by atoms with Crippen LogP contribution in [0.5, 0.6) is 5.75 Å². The van der Waals surface area contributed by atoms with Crippen molar-refractivity contribution in [1.82, 2.24) is 4.90 Å². The fraction of sp³-hybridized carbons (Fsp3) is 0.571. The van der Waals surface area contributed by atoms with Crippen LogP contribution in [0, 0.1) is 13.8 Å². The van der Waals surface area contributed by atoms with E-state index in [9.17, 15) is 9.90 Å². The Balaban J connectivity index is 1.48. The summed E-state index contributed by atoms with van der Waals surface area (Å²) in [5, 5.41) is 10.4. The van der Waals surface area contributed by atoms with Gasteiger partial charge in [-0.25, -0.2) is 0 Å². The second kappa shape index (κ2) is 9.35. The van der Waals surface area contributed by atoms with Crippen LogP contribution in [0.4, 0.5) is 0 Å². The van der Waals surface area contributed by atoms with Gasteiger partial charge in [0.25, 0.3) is 0 Å². The van der Waals surface area contributed by atoms with Gasteiger partial charge < -0.3 is 19.3 Å². The molecule has 148 valence electrons. The minimum atomic E-state index is -0.384. The maximum Gasteiger partial charge on any atom is 0.201 e. The largest absolute Gasteiger partial charge is 0.509 e. The van der Waals surface area contributed by atoms with Crippen molar-refractivity contribution < 1.29 is 24.1 Å². The van der Waals surface area contributed by atoms with Crippen LogP contribution in [0.15, 0.2) is 29.5 Å². The number of hydrogen-bond donors (Lipinski definition) is 1. The molecular formula is C21H29NO5. The molecule has 2 heterocycles. The number of ketones is 1. The smallest absolute Gasteiger partial charge is 0.201 e. The summed E-state index contributed by atoms with van der Waals surface area (Å²) in [6.07, 6.45) is 1.23. The zero-order chi connectivity index (χ0) is 19.2. The molecule has 6 heteroatoms. The highest BCUT2D eigenvalue weighted by atomic mass is 16.5. The number of ether oxygens (including phenoxy) is 3. The van der Waals surface area contributed by atoms with Gasteiger partial charge in [-0.3, -0.25) is 9.69 Å². The van der Waals surface area contributed by atoms with Gasteiger partial charge in [-0.15, -0.1) is 0 Å². The molecule has 0 spiro atoms. The summed E-state index contributed by atoms with van der Waals surface area (Å²) >= 11 is 0.